The van der Waals surface area contributed by atoms with E-state index >= 15 is 0 Å². The number of nitrogens with one attached hydrogen (secondary N) is 1. The maximum absolute atomic E-state index is 4.24. The van der Waals surface area contributed by atoms with E-state index < -0.39 is 0 Å². The second kappa shape index (κ2) is 4.78. The molecule has 0 radical (unpaired) electrons. The van der Waals surface area contributed by atoms with E-state index in [0.717, 1.165) is 38.4 Å². The van der Waals surface area contributed by atoms with Crippen LogP contribution >= 0.6 is 0 Å². The summed E-state index contributed by atoms with van der Waals surface area (Å²) in [5, 5.41) is 0. The van der Waals surface area contributed by atoms with Gasteiger partial charge in [0.05, 0.1) is 17.7 Å². The van der Waals surface area contributed by atoms with Gasteiger partial charge in [0.25, 0.3) is 0 Å². The summed E-state index contributed by atoms with van der Waals surface area (Å²) in [6, 6.07) is 0. The summed E-state index contributed by atoms with van der Waals surface area (Å²) in [5.41, 5.74) is 2.69. The van der Waals surface area contributed by atoms with Crippen LogP contribution in [0.3, 0.4) is 0 Å². The lowest BCUT2D eigenvalue weighted by Gasteiger charge is -2.42. The molecule has 2 heterocycles. The van der Waals surface area contributed by atoms with Crippen molar-refractivity contribution in [2.24, 2.45) is 0 Å². The Hall–Kier alpha value is -0.870. The Balaban J connectivity index is 1.86. The summed E-state index contributed by atoms with van der Waals surface area (Å²) in [6.07, 6.45) is 1.79. The molecule has 2 rings (SSSR count). The average molecular weight is 236 g/mol. The topological polar surface area (TPSA) is 35.2 Å². The molecular formula is C13H24N4. The molecule has 1 fully saturated rings. The van der Waals surface area contributed by atoms with Crippen molar-refractivity contribution in [1.29, 1.82) is 0 Å². The highest BCUT2D eigenvalue weighted by Gasteiger charge is 2.25. The molecule has 0 atom stereocenters. The van der Waals surface area contributed by atoms with Gasteiger partial charge in [-0.25, -0.2) is 4.98 Å². The molecule has 0 saturated carbocycles. The van der Waals surface area contributed by atoms with Gasteiger partial charge >= 0.3 is 0 Å². The van der Waals surface area contributed by atoms with Crippen LogP contribution in [-0.2, 0) is 6.54 Å². The number of hydrogen-bond donors (Lipinski definition) is 1. The molecule has 4 nitrogen and oxygen atoms in total. The number of aryl methyl sites for hydroxylation is 1. The van der Waals surface area contributed by atoms with Crippen LogP contribution in [0, 0.1) is 6.92 Å². The first-order valence-electron chi connectivity index (χ1n) is 6.43. The normalized spacial score (nSPS) is 19.8. The van der Waals surface area contributed by atoms with Crippen LogP contribution < -0.4 is 0 Å². The number of aromatic amines is 1. The van der Waals surface area contributed by atoms with E-state index in [9.17, 15) is 0 Å². The van der Waals surface area contributed by atoms with Crippen molar-refractivity contribution in [3.8, 4) is 0 Å². The largest absolute Gasteiger partial charge is 0.347 e. The minimum Gasteiger partial charge on any atom is -0.347 e. The molecule has 0 aromatic carbocycles. The Kier molecular flexibility index (Phi) is 3.54. The Morgan fingerprint density at radius 2 is 1.88 bits per heavy atom. The van der Waals surface area contributed by atoms with Crippen molar-refractivity contribution in [2.45, 2.75) is 39.8 Å². The van der Waals surface area contributed by atoms with Crippen LogP contribution in [-0.4, -0.2) is 51.5 Å². The molecule has 96 valence electrons. The van der Waals surface area contributed by atoms with Crippen LogP contribution in [0.4, 0.5) is 0 Å². The van der Waals surface area contributed by atoms with Gasteiger partial charge in [-0.05, 0) is 27.7 Å². The minimum absolute atomic E-state index is 0.302. The van der Waals surface area contributed by atoms with E-state index in [-0.39, 0.29) is 0 Å². The molecule has 1 aliphatic heterocycles. The molecule has 4 heteroatoms. The zero-order valence-electron chi connectivity index (χ0n) is 11.5. The average Bonchev–Trinajstić information content (AvgIpc) is 2.64. The zero-order chi connectivity index (χ0) is 12.5. The summed E-state index contributed by atoms with van der Waals surface area (Å²) in [6.45, 7) is 14.6. The first kappa shape index (κ1) is 12.6. The van der Waals surface area contributed by atoms with Crippen molar-refractivity contribution in [3.05, 3.63) is 17.7 Å². The predicted molar refractivity (Wildman–Crippen MR) is 69.9 cm³/mol. The number of imidazole rings is 1. The number of rotatable bonds is 2. The lowest BCUT2D eigenvalue weighted by Crippen LogP contribution is -2.53. The zero-order valence-corrected chi connectivity index (χ0v) is 11.5. The molecule has 0 aliphatic carbocycles. The summed E-state index contributed by atoms with van der Waals surface area (Å²) >= 11 is 0. The third-order valence-corrected chi connectivity index (χ3v) is 3.64. The van der Waals surface area contributed by atoms with Crippen molar-refractivity contribution in [1.82, 2.24) is 19.8 Å². The fraction of sp³-hybridized carbons (Fsp3) is 0.769. The fourth-order valence-corrected chi connectivity index (χ4v) is 2.35. The van der Waals surface area contributed by atoms with E-state index in [4.69, 9.17) is 0 Å². The monoisotopic (exact) mass is 236 g/mol. The van der Waals surface area contributed by atoms with Crippen molar-refractivity contribution in [2.75, 3.05) is 26.2 Å². The summed E-state index contributed by atoms with van der Waals surface area (Å²) in [5.74, 6) is 0. The van der Waals surface area contributed by atoms with Gasteiger partial charge in [-0.1, -0.05) is 0 Å². The summed E-state index contributed by atoms with van der Waals surface area (Å²) in [7, 11) is 0. The number of piperazine rings is 1. The van der Waals surface area contributed by atoms with Gasteiger partial charge in [0.1, 0.15) is 0 Å². The van der Waals surface area contributed by atoms with Gasteiger partial charge in [0, 0.05) is 38.3 Å². The van der Waals surface area contributed by atoms with Crippen LogP contribution in [0.1, 0.15) is 32.2 Å². The third-order valence-electron chi connectivity index (χ3n) is 3.64. The molecule has 1 aliphatic rings. The Morgan fingerprint density at radius 3 is 2.35 bits per heavy atom. The third kappa shape index (κ3) is 3.07. The van der Waals surface area contributed by atoms with Crippen molar-refractivity contribution < 1.29 is 0 Å². The first-order valence-corrected chi connectivity index (χ1v) is 6.43. The first-order chi connectivity index (χ1) is 7.97. The smallest absolute Gasteiger partial charge is 0.0925 e. The van der Waals surface area contributed by atoms with E-state index in [0.29, 0.717) is 5.54 Å². The highest BCUT2D eigenvalue weighted by molar-refractivity contribution is 5.08. The molecule has 1 aromatic heterocycles. The quantitative estimate of drug-likeness (QED) is 0.848. The lowest BCUT2D eigenvalue weighted by atomic mass is 10.0. The molecule has 1 N–H and O–H groups in total. The van der Waals surface area contributed by atoms with Gasteiger partial charge in [-0.2, -0.15) is 0 Å². The highest BCUT2D eigenvalue weighted by Crippen LogP contribution is 2.17. The maximum Gasteiger partial charge on any atom is 0.0925 e. The van der Waals surface area contributed by atoms with Gasteiger partial charge in [-0.3, -0.25) is 9.80 Å². The van der Waals surface area contributed by atoms with E-state index in [2.05, 4.69) is 47.5 Å². The van der Waals surface area contributed by atoms with Crippen LogP contribution in [0.5, 0.6) is 0 Å². The SMILES string of the molecule is Cc1nc[nH]c1CN1CCN(C(C)(C)C)CC1. The van der Waals surface area contributed by atoms with Gasteiger partial charge < -0.3 is 4.98 Å². The van der Waals surface area contributed by atoms with Gasteiger partial charge in [-0.15, -0.1) is 0 Å². The van der Waals surface area contributed by atoms with Gasteiger partial charge in [0.15, 0.2) is 0 Å². The minimum atomic E-state index is 0.302. The highest BCUT2D eigenvalue weighted by atomic mass is 15.3. The number of hydrogen-bond acceptors (Lipinski definition) is 3. The number of nitrogens with zero attached hydrogens (tertiary/aromatic N) is 3. The predicted octanol–water partition coefficient (Wildman–Crippen LogP) is 1.63. The van der Waals surface area contributed by atoms with Crippen molar-refractivity contribution >= 4 is 0 Å². The van der Waals surface area contributed by atoms with Crippen molar-refractivity contribution in [3.63, 3.8) is 0 Å². The summed E-state index contributed by atoms with van der Waals surface area (Å²) < 4.78 is 0. The maximum atomic E-state index is 4.24. The Bertz CT molecular complexity index is 356. The van der Waals surface area contributed by atoms with Crippen LogP contribution in [0.2, 0.25) is 0 Å². The molecule has 0 spiro atoms. The standard InChI is InChI=1S/C13H24N4/c1-11-12(15-10-14-11)9-16-5-7-17(8-6-16)13(2,3)4/h10H,5-9H2,1-4H3,(H,14,15). The molecular weight excluding hydrogens is 212 g/mol. The molecule has 1 aromatic rings. The molecule has 0 amide bonds. The van der Waals surface area contributed by atoms with Gasteiger partial charge in [0.2, 0.25) is 0 Å². The number of aromatic nitrogens is 2. The summed E-state index contributed by atoms with van der Waals surface area (Å²) in [4.78, 5) is 12.5. The lowest BCUT2D eigenvalue weighted by molar-refractivity contribution is 0.0585. The van der Waals surface area contributed by atoms with Crippen LogP contribution in [0.15, 0.2) is 6.33 Å². The molecule has 1 saturated heterocycles. The second-order valence-electron chi connectivity index (χ2n) is 5.90. The Morgan fingerprint density at radius 1 is 1.24 bits per heavy atom. The molecule has 0 bridgehead atoms. The number of H-pyrrole nitrogens is 1. The Labute approximate surface area is 104 Å². The fourth-order valence-electron chi connectivity index (χ4n) is 2.35. The molecule has 17 heavy (non-hydrogen) atoms. The van der Waals surface area contributed by atoms with E-state index in [1.165, 1.54) is 5.69 Å². The van der Waals surface area contributed by atoms with E-state index in [1.807, 2.05) is 0 Å². The second-order valence-corrected chi connectivity index (χ2v) is 5.90. The van der Waals surface area contributed by atoms with E-state index in [1.54, 1.807) is 6.33 Å². The van der Waals surface area contributed by atoms with Crippen LogP contribution in [0.25, 0.3) is 0 Å². The molecule has 0 unspecified atom stereocenters.